The van der Waals surface area contributed by atoms with E-state index in [0.29, 0.717) is 16.9 Å². The van der Waals surface area contributed by atoms with Gasteiger partial charge in [-0.05, 0) is 42.7 Å². The van der Waals surface area contributed by atoms with Gasteiger partial charge in [-0.3, -0.25) is 0 Å². The molecule has 0 aliphatic heterocycles. The van der Waals surface area contributed by atoms with Gasteiger partial charge in [0.05, 0.1) is 18.5 Å². The van der Waals surface area contributed by atoms with Crippen LogP contribution >= 0.6 is 11.6 Å². The van der Waals surface area contributed by atoms with Crippen LogP contribution in [-0.2, 0) is 12.8 Å². The van der Waals surface area contributed by atoms with Crippen molar-refractivity contribution in [3.8, 4) is 28.7 Å². The molecule has 6 heteroatoms. The van der Waals surface area contributed by atoms with E-state index in [1.54, 1.807) is 13.3 Å². The predicted molar refractivity (Wildman–Crippen MR) is 87.5 cm³/mol. The standard InChI is InChI=1S/C17H13ClN4O/c1-23-17-20-9-13-14(21-17)7-4-11-8-19-16(22-15(11)13)10-2-5-12(18)6-3-10/h2-3,5-6,8-9H,4,7H2,1H3. The molecule has 1 aliphatic carbocycles. The minimum absolute atomic E-state index is 0.388. The highest BCUT2D eigenvalue weighted by Gasteiger charge is 2.21. The zero-order valence-electron chi connectivity index (χ0n) is 12.5. The molecule has 2 heterocycles. The number of hydrogen-bond donors (Lipinski definition) is 0. The van der Waals surface area contributed by atoms with Crippen molar-refractivity contribution < 1.29 is 4.74 Å². The summed E-state index contributed by atoms with van der Waals surface area (Å²) in [6, 6.07) is 7.89. The number of aromatic nitrogens is 4. The highest BCUT2D eigenvalue weighted by atomic mass is 35.5. The molecule has 0 N–H and O–H groups in total. The van der Waals surface area contributed by atoms with Gasteiger partial charge in [-0.2, -0.15) is 4.98 Å². The Balaban J connectivity index is 1.82. The van der Waals surface area contributed by atoms with Gasteiger partial charge < -0.3 is 4.74 Å². The van der Waals surface area contributed by atoms with Gasteiger partial charge in [0.15, 0.2) is 5.82 Å². The number of halogens is 1. The second kappa shape index (κ2) is 5.59. The SMILES string of the molecule is COc1ncc2c(n1)CCc1cnc(-c3ccc(Cl)cc3)nc1-2. The quantitative estimate of drug-likeness (QED) is 0.723. The maximum Gasteiger partial charge on any atom is 0.316 e. The lowest BCUT2D eigenvalue weighted by atomic mass is 9.94. The summed E-state index contributed by atoms with van der Waals surface area (Å²) < 4.78 is 5.11. The molecule has 4 rings (SSSR count). The third-order valence-corrected chi connectivity index (χ3v) is 4.13. The molecule has 3 aromatic rings. The van der Waals surface area contributed by atoms with E-state index in [4.69, 9.17) is 21.3 Å². The first-order valence-electron chi connectivity index (χ1n) is 7.27. The number of benzene rings is 1. The lowest BCUT2D eigenvalue weighted by Crippen LogP contribution is -2.10. The van der Waals surface area contributed by atoms with E-state index in [0.717, 1.165) is 40.9 Å². The van der Waals surface area contributed by atoms with Gasteiger partial charge >= 0.3 is 6.01 Å². The number of methoxy groups -OCH3 is 1. The van der Waals surface area contributed by atoms with E-state index in [1.807, 2.05) is 30.5 Å². The Morgan fingerprint density at radius 1 is 1.00 bits per heavy atom. The van der Waals surface area contributed by atoms with Gasteiger partial charge in [-0.1, -0.05) is 11.6 Å². The molecule has 1 aromatic carbocycles. The molecule has 0 radical (unpaired) electrons. The van der Waals surface area contributed by atoms with Crippen molar-refractivity contribution in [1.82, 2.24) is 19.9 Å². The summed E-state index contributed by atoms with van der Waals surface area (Å²) in [5.74, 6) is 0.670. The van der Waals surface area contributed by atoms with Crippen LogP contribution in [0.25, 0.3) is 22.6 Å². The third kappa shape index (κ3) is 2.53. The summed E-state index contributed by atoms with van der Waals surface area (Å²) in [6.07, 6.45) is 5.37. The molecular weight excluding hydrogens is 312 g/mol. The molecule has 0 fully saturated rings. The number of aryl methyl sites for hydroxylation is 2. The Labute approximate surface area is 138 Å². The summed E-state index contributed by atoms with van der Waals surface area (Å²) in [7, 11) is 1.57. The van der Waals surface area contributed by atoms with Crippen molar-refractivity contribution in [2.24, 2.45) is 0 Å². The highest BCUT2D eigenvalue weighted by Crippen LogP contribution is 2.32. The Hall–Kier alpha value is -2.53. The zero-order valence-corrected chi connectivity index (χ0v) is 13.2. The predicted octanol–water partition coefficient (Wildman–Crippen LogP) is 3.36. The molecule has 0 saturated heterocycles. The van der Waals surface area contributed by atoms with E-state index in [-0.39, 0.29) is 0 Å². The largest absolute Gasteiger partial charge is 0.467 e. The zero-order chi connectivity index (χ0) is 15.8. The maximum absolute atomic E-state index is 5.94. The monoisotopic (exact) mass is 324 g/mol. The Morgan fingerprint density at radius 2 is 1.83 bits per heavy atom. The third-order valence-electron chi connectivity index (χ3n) is 3.88. The Kier molecular flexibility index (Phi) is 3.42. The smallest absolute Gasteiger partial charge is 0.316 e. The van der Waals surface area contributed by atoms with Crippen LogP contribution in [0.15, 0.2) is 36.7 Å². The van der Waals surface area contributed by atoms with E-state index in [2.05, 4.69) is 15.0 Å². The molecule has 23 heavy (non-hydrogen) atoms. The minimum Gasteiger partial charge on any atom is -0.467 e. The maximum atomic E-state index is 5.94. The van der Waals surface area contributed by atoms with Gasteiger partial charge in [0.2, 0.25) is 0 Å². The van der Waals surface area contributed by atoms with Crippen LogP contribution in [0, 0.1) is 0 Å². The van der Waals surface area contributed by atoms with Crippen LogP contribution in [0.5, 0.6) is 6.01 Å². The van der Waals surface area contributed by atoms with Crippen molar-refractivity contribution in [2.75, 3.05) is 7.11 Å². The summed E-state index contributed by atoms with van der Waals surface area (Å²) in [6.45, 7) is 0. The number of fused-ring (bicyclic) bond motifs is 3. The molecule has 5 nitrogen and oxygen atoms in total. The van der Waals surface area contributed by atoms with Crippen molar-refractivity contribution in [2.45, 2.75) is 12.8 Å². The fourth-order valence-electron chi connectivity index (χ4n) is 2.70. The van der Waals surface area contributed by atoms with E-state index >= 15 is 0 Å². The van der Waals surface area contributed by atoms with Crippen molar-refractivity contribution in [1.29, 1.82) is 0 Å². The number of rotatable bonds is 2. The normalized spacial score (nSPS) is 12.4. The van der Waals surface area contributed by atoms with E-state index in [1.165, 1.54) is 0 Å². The van der Waals surface area contributed by atoms with Gasteiger partial charge in [-0.25, -0.2) is 15.0 Å². The molecule has 1 aliphatic rings. The second-order valence-electron chi connectivity index (χ2n) is 5.29. The molecule has 0 bridgehead atoms. The summed E-state index contributed by atoms with van der Waals surface area (Å²) >= 11 is 5.94. The lowest BCUT2D eigenvalue weighted by molar-refractivity contribution is 0.378. The first kappa shape index (κ1) is 14.1. The van der Waals surface area contributed by atoms with E-state index < -0.39 is 0 Å². The molecule has 0 spiro atoms. The summed E-state index contributed by atoms with van der Waals surface area (Å²) in [5.41, 5.74) is 4.85. The highest BCUT2D eigenvalue weighted by molar-refractivity contribution is 6.30. The molecule has 0 amide bonds. The van der Waals surface area contributed by atoms with Crippen LogP contribution in [0.3, 0.4) is 0 Å². The van der Waals surface area contributed by atoms with Crippen molar-refractivity contribution >= 4 is 11.6 Å². The second-order valence-corrected chi connectivity index (χ2v) is 5.73. The van der Waals surface area contributed by atoms with Crippen molar-refractivity contribution in [3.05, 3.63) is 52.9 Å². The van der Waals surface area contributed by atoms with Gasteiger partial charge in [-0.15, -0.1) is 0 Å². The number of ether oxygens (including phenoxy) is 1. The topological polar surface area (TPSA) is 60.8 Å². The van der Waals surface area contributed by atoms with Gasteiger partial charge in [0.1, 0.15) is 0 Å². The molecule has 0 saturated carbocycles. The average Bonchev–Trinajstić information content (AvgIpc) is 2.61. The minimum atomic E-state index is 0.388. The molecule has 2 aromatic heterocycles. The van der Waals surface area contributed by atoms with Crippen LogP contribution in [0.1, 0.15) is 11.3 Å². The van der Waals surface area contributed by atoms with Crippen LogP contribution < -0.4 is 4.74 Å². The number of nitrogens with zero attached hydrogens (tertiary/aromatic N) is 4. The molecular formula is C17H13ClN4O. The van der Waals surface area contributed by atoms with Crippen molar-refractivity contribution in [3.63, 3.8) is 0 Å². The summed E-state index contributed by atoms with van der Waals surface area (Å²) in [5, 5.41) is 0.692. The number of hydrogen-bond acceptors (Lipinski definition) is 5. The first-order valence-corrected chi connectivity index (χ1v) is 7.64. The lowest BCUT2D eigenvalue weighted by Gasteiger charge is -2.18. The molecule has 0 unspecified atom stereocenters. The fourth-order valence-corrected chi connectivity index (χ4v) is 2.83. The Morgan fingerprint density at radius 3 is 2.61 bits per heavy atom. The van der Waals surface area contributed by atoms with Crippen LogP contribution in [-0.4, -0.2) is 27.0 Å². The van der Waals surface area contributed by atoms with Crippen LogP contribution in [0.2, 0.25) is 5.02 Å². The Bertz CT molecular complexity index is 880. The molecule has 114 valence electrons. The summed E-state index contributed by atoms with van der Waals surface area (Å²) in [4.78, 5) is 17.9. The first-order chi connectivity index (χ1) is 11.2. The fraction of sp³-hybridized carbons (Fsp3) is 0.176. The van der Waals surface area contributed by atoms with Crippen LogP contribution in [0.4, 0.5) is 0 Å². The van der Waals surface area contributed by atoms with E-state index in [9.17, 15) is 0 Å². The molecule has 0 atom stereocenters. The average molecular weight is 325 g/mol. The van der Waals surface area contributed by atoms with Gasteiger partial charge in [0.25, 0.3) is 0 Å². The van der Waals surface area contributed by atoms with Gasteiger partial charge in [0, 0.05) is 28.5 Å².